The van der Waals surface area contributed by atoms with Crippen molar-refractivity contribution >= 4 is 17.9 Å². The predicted molar refractivity (Wildman–Crippen MR) is 165 cm³/mol. The zero-order valence-corrected chi connectivity index (χ0v) is 26.5. The third-order valence-electron chi connectivity index (χ3n) is 9.30. The van der Waals surface area contributed by atoms with Crippen LogP contribution in [0.3, 0.4) is 0 Å². The maximum atomic E-state index is 12.0. The Balaban J connectivity index is 0.000000153. The quantitative estimate of drug-likeness (QED) is 0.276. The topological polar surface area (TPSA) is 99.1 Å². The molecular weight excluding hydrogens is 544 g/mol. The van der Waals surface area contributed by atoms with Gasteiger partial charge >= 0.3 is 17.9 Å². The molecule has 2 aromatic rings. The van der Waals surface area contributed by atoms with Crippen LogP contribution >= 0.6 is 0 Å². The van der Waals surface area contributed by atoms with Crippen LogP contribution in [0.1, 0.15) is 107 Å². The van der Waals surface area contributed by atoms with Crippen molar-refractivity contribution in [3.05, 3.63) is 65.2 Å². The summed E-state index contributed by atoms with van der Waals surface area (Å²) in [7, 11) is 0. The second-order valence-corrected chi connectivity index (χ2v) is 13.3. The summed E-state index contributed by atoms with van der Waals surface area (Å²) in [5.74, 6) is 1.05. The number of fused-ring (bicyclic) bond motifs is 1. The second kappa shape index (κ2) is 14.0. The van der Waals surface area contributed by atoms with E-state index in [4.69, 9.17) is 19.3 Å². The van der Waals surface area contributed by atoms with E-state index in [1.54, 1.807) is 12.1 Å². The Bertz CT molecular complexity index is 1240. The highest BCUT2D eigenvalue weighted by molar-refractivity contribution is 5.89. The third-order valence-corrected chi connectivity index (χ3v) is 9.30. The lowest BCUT2D eigenvalue weighted by atomic mass is 9.88. The standard InChI is InChI=1S/C15H20O2.C12H16O4.C9H12O/c1-3-12-6-8-13(9-7-12)14(16)17-15(2)10-4-5-11-15;1-5(2)11(13)15-9-6-3-7-8(4-6)12(14)16-10(7)9;1-7(2)8-3-5-9(10)6-4-8/h6-9H,3-5,10-11H2,1-2H3;5-10H,3-4H2,1-2H3;3-7,10H,1-2H3. The normalized spacial score (nSPS) is 25.9. The molecule has 234 valence electrons. The predicted octanol–water partition coefficient (Wildman–Crippen LogP) is 7.39. The van der Waals surface area contributed by atoms with Gasteiger partial charge in [0.1, 0.15) is 23.6 Å². The van der Waals surface area contributed by atoms with E-state index >= 15 is 0 Å². The summed E-state index contributed by atoms with van der Waals surface area (Å²) in [4.78, 5) is 35.0. The minimum absolute atomic E-state index is 0.0828. The number of carbonyl (C=O) groups is 3. The Kier molecular flexibility index (Phi) is 10.6. The number of esters is 3. The minimum atomic E-state index is -0.236. The van der Waals surface area contributed by atoms with Crippen LogP contribution in [-0.2, 0) is 30.2 Å². The molecule has 1 N–H and O–H groups in total. The lowest BCUT2D eigenvalue weighted by Gasteiger charge is -2.25. The number of rotatable bonds is 6. The first-order valence-electron chi connectivity index (χ1n) is 15.9. The molecule has 6 rings (SSSR count). The van der Waals surface area contributed by atoms with E-state index in [-0.39, 0.29) is 47.6 Å². The lowest BCUT2D eigenvalue weighted by Crippen LogP contribution is -2.36. The highest BCUT2D eigenvalue weighted by Crippen LogP contribution is 2.55. The number of hydrogen-bond acceptors (Lipinski definition) is 7. The molecule has 43 heavy (non-hydrogen) atoms. The minimum Gasteiger partial charge on any atom is -0.508 e. The van der Waals surface area contributed by atoms with Crippen molar-refractivity contribution in [2.24, 2.45) is 23.7 Å². The van der Waals surface area contributed by atoms with Crippen LogP contribution in [0.2, 0.25) is 0 Å². The van der Waals surface area contributed by atoms with Crippen molar-refractivity contribution < 1.29 is 33.7 Å². The van der Waals surface area contributed by atoms with Gasteiger partial charge in [0.2, 0.25) is 0 Å². The second-order valence-electron chi connectivity index (χ2n) is 13.3. The number of aryl methyl sites for hydroxylation is 1. The van der Waals surface area contributed by atoms with Crippen molar-refractivity contribution in [3.8, 4) is 5.75 Å². The summed E-state index contributed by atoms with van der Waals surface area (Å²) < 4.78 is 16.4. The van der Waals surface area contributed by atoms with E-state index < -0.39 is 0 Å². The molecule has 1 aliphatic heterocycles. The molecule has 0 amide bonds. The number of phenols is 1. The van der Waals surface area contributed by atoms with Crippen molar-refractivity contribution in [2.75, 3.05) is 0 Å². The van der Waals surface area contributed by atoms with E-state index in [0.717, 1.165) is 32.1 Å². The largest absolute Gasteiger partial charge is 0.508 e. The Morgan fingerprint density at radius 3 is 2.16 bits per heavy atom. The van der Waals surface area contributed by atoms with Gasteiger partial charge in [0.05, 0.1) is 17.4 Å². The van der Waals surface area contributed by atoms with Crippen LogP contribution in [-0.4, -0.2) is 40.8 Å². The molecular formula is C36H48O7. The van der Waals surface area contributed by atoms with E-state index in [0.29, 0.717) is 29.1 Å². The Labute approximate surface area is 256 Å². The van der Waals surface area contributed by atoms with Gasteiger partial charge in [-0.1, -0.05) is 58.9 Å². The van der Waals surface area contributed by atoms with Gasteiger partial charge in [-0.25, -0.2) is 4.79 Å². The molecule has 0 spiro atoms. The summed E-state index contributed by atoms with van der Waals surface area (Å²) in [6.45, 7) is 12.0. The fourth-order valence-corrected chi connectivity index (χ4v) is 6.58. The Morgan fingerprint density at radius 1 is 0.977 bits per heavy atom. The van der Waals surface area contributed by atoms with Gasteiger partial charge in [-0.05, 0) is 93.2 Å². The maximum absolute atomic E-state index is 12.0. The van der Waals surface area contributed by atoms with E-state index in [1.807, 2.05) is 57.2 Å². The molecule has 0 radical (unpaired) electrons. The average Bonchev–Trinajstić information content (AvgIpc) is 3.73. The molecule has 1 saturated heterocycles. The average molecular weight is 593 g/mol. The number of phenolic OH excluding ortho intramolecular Hbond substituents is 1. The molecule has 7 nitrogen and oxygen atoms in total. The van der Waals surface area contributed by atoms with Gasteiger partial charge in [0.15, 0.2) is 0 Å². The van der Waals surface area contributed by atoms with Gasteiger partial charge in [0, 0.05) is 11.8 Å². The van der Waals surface area contributed by atoms with Crippen LogP contribution in [0.5, 0.6) is 5.75 Å². The molecule has 2 aromatic carbocycles. The Morgan fingerprint density at radius 2 is 1.60 bits per heavy atom. The monoisotopic (exact) mass is 592 g/mol. The first-order chi connectivity index (χ1) is 20.4. The first-order valence-corrected chi connectivity index (χ1v) is 15.9. The van der Waals surface area contributed by atoms with E-state index in [9.17, 15) is 14.4 Å². The summed E-state index contributed by atoms with van der Waals surface area (Å²) in [5, 5.41) is 8.94. The zero-order chi connectivity index (χ0) is 31.3. The molecule has 1 heterocycles. The first kappa shape index (κ1) is 32.6. The lowest BCUT2D eigenvalue weighted by molar-refractivity contribution is -0.164. The van der Waals surface area contributed by atoms with E-state index in [2.05, 4.69) is 20.8 Å². The zero-order valence-electron chi connectivity index (χ0n) is 26.5. The van der Waals surface area contributed by atoms with Crippen LogP contribution in [0, 0.1) is 23.7 Å². The smallest absolute Gasteiger partial charge is 0.338 e. The number of hydrogen-bond donors (Lipinski definition) is 1. The van der Waals surface area contributed by atoms with Crippen LogP contribution in [0.15, 0.2) is 48.5 Å². The molecule has 3 saturated carbocycles. The molecule has 0 aromatic heterocycles. The van der Waals surface area contributed by atoms with Crippen LogP contribution < -0.4 is 0 Å². The fourth-order valence-electron chi connectivity index (χ4n) is 6.58. The van der Waals surface area contributed by atoms with E-state index in [1.165, 1.54) is 24.0 Å². The van der Waals surface area contributed by atoms with Gasteiger partial charge in [-0.3, -0.25) is 9.59 Å². The molecule has 5 unspecified atom stereocenters. The number of benzene rings is 2. The van der Waals surface area contributed by atoms with Crippen molar-refractivity contribution in [2.45, 2.75) is 110 Å². The summed E-state index contributed by atoms with van der Waals surface area (Å²) in [6, 6.07) is 15.0. The van der Waals surface area contributed by atoms with Crippen molar-refractivity contribution in [1.29, 1.82) is 0 Å². The fraction of sp³-hybridized carbons (Fsp3) is 0.583. The molecule has 5 atom stereocenters. The van der Waals surface area contributed by atoms with Crippen LogP contribution in [0.4, 0.5) is 0 Å². The SMILES string of the molecule is CC(C)C(=O)OC1C2CC3C(=O)OC1C3C2.CC(C)c1ccc(O)cc1.CCc1ccc(C(=O)OC2(C)CCCC2)cc1. The number of ether oxygens (including phenoxy) is 3. The molecule has 4 aliphatic rings. The maximum Gasteiger partial charge on any atom is 0.338 e. The molecule has 4 fully saturated rings. The van der Waals surface area contributed by atoms with Crippen molar-refractivity contribution in [3.63, 3.8) is 0 Å². The van der Waals surface area contributed by atoms with Gasteiger partial charge in [0.25, 0.3) is 0 Å². The molecule has 2 bridgehead atoms. The van der Waals surface area contributed by atoms with Crippen LogP contribution in [0.25, 0.3) is 0 Å². The number of carbonyl (C=O) groups excluding carboxylic acids is 3. The molecule has 3 aliphatic carbocycles. The summed E-state index contributed by atoms with van der Waals surface area (Å²) in [5.41, 5.74) is 2.93. The highest BCUT2D eigenvalue weighted by atomic mass is 16.6. The van der Waals surface area contributed by atoms with Gasteiger partial charge in [-0.15, -0.1) is 0 Å². The third kappa shape index (κ3) is 7.98. The van der Waals surface area contributed by atoms with Crippen molar-refractivity contribution in [1.82, 2.24) is 0 Å². The molecule has 7 heteroatoms. The highest BCUT2D eigenvalue weighted by Gasteiger charge is 2.63. The van der Waals surface area contributed by atoms with Gasteiger partial charge < -0.3 is 19.3 Å². The summed E-state index contributed by atoms with van der Waals surface area (Å²) >= 11 is 0. The van der Waals surface area contributed by atoms with Gasteiger partial charge in [-0.2, -0.15) is 0 Å². The number of aromatic hydroxyl groups is 1. The Hall–Kier alpha value is -3.35. The summed E-state index contributed by atoms with van der Waals surface area (Å²) in [6.07, 6.45) is 6.80.